The molecule has 2 aromatic rings. The summed E-state index contributed by atoms with van der Waals surface area (Å²) in [4.78, 5) is 27.3. The number of cyclic esters (lactones) is 1. The van der Waals surface area contributed by atoms with Gasteiger partial charge in [-0.05, 0) is 41.5 Å². The average molecular weight is 447 g/mol. The highest BCUT2D eigenvalue weighted by molar-refractivity contribution is 5.98. The van der Waals surface area contributed by atoms with Crippen molar-refractivity contribution in [1.29, 1.82) is 0 Å². The van der Waals surface area contributed by atoms with Crippen molar-refractivity contribution in [3.8, 4) is 0 Å². The lowest BCUT2D eigenvalue weighted by molar-refractivity contribution is -0.174. The first kappa shape index (κ1) is 20.9. The molecule has 7 rings (SSSR count). The van der Waals surface area contributed by atoms with Gasteiger partial charge in [-0.1, -0.05) is 74.7 Å². The smallest absolute Gasteiger partial charge is 0.342 e. The highest BCUT2D eigenvalue weighted by atomic mass is 16.7. The molecule has 4 atom stereocenters. The van der Waals surface area contributed by atoms with Crippen molar-refractivity contribution in [2.75, 3.05) is 7.11 Å². The number of methoxy groups -OCH3 is 1. The van der Waals surface area contributed by atoms with E-state index in [0.717, 1.165) is 36.8 Å². The van der Waals surface area contributed by atoms with Crippen LogP contribution in [0, 0.1) is 5.41 Å². The first-order valence-corrected chi connectivity index (χ1v) is 12.2. The predicted octanol–water partition coefficient (Wildman–Crippen LogP) is 4.86. The van der Waals surface area contributed by atoms with E-state index in [9.17, 15) is 9.59 Å². The Morgan fingerprint density at radius 1 is 1.00 bits per heavy atom. The molecule has 5 heteroatoms. The van der Waals surface area contributed by atoms with Gasteiger partial charge in [0, 0.05) is 11.8 Å². The molecule has 0 aromatic heterocycles. The van der Waals surface area contributed by atoms with Crippen LogP contribution in [-0.4, -0.2) is 36.9 Å². The minimum atomic E-state index is -1.26. The average Bonchev–Trinajstić information content (AvgIpc) is 3.56. The summed E-state index contributed by atoms with van der Waals surface area (Å²) in [5.41, 5.74) is 2.27. The molecule has 3 aliphatic carbocycles. The summed E-state index contributed by atoms with van der Waals surface area (Å²) < 4.78 is 17.6. The maximum absolute atomic E-state index is 13.8. The van der Waals surface area contributed by atoms with Crippen LogP contribution in [0.1, 0.15) is 79.5 Å². The number of carbonyl (C=O) groups is 2. The van der Waals surface area contributed by atoms with Gasteiger partial charge in [0.1, 0.15) is 17.6 Å². The zero-order valence-electron chi connectivity index (χ0n) is 19.2. The minimum absolute atomic E-state index is 0.0112. The first-order valence-electron chi connectivity index (χ1n) is 12.2. The molecule has 2 heterocycles. The van der Waals surface area contributed by atoms with Crippen molar-refractivity contribution in [3.63, 3.8) is 0 Å². The van der Waals surface area contributed by atoms with E-state index >= 15 is 0 Å². The highest BCUT2D eigenvalue weighted by Gasteiger charge is 2.86. The van der Waals surface area contributed by atoms with E-state index in [1.54, 1.807) is 0 Å². The standard InChI is InChI=1S/C28H30O5/c1-3-4-5-6-15-22-24-28(33-24,26(30)32-22)27(25(29)31-2)16-21-17-11-7-9-13-19(17)23(27)20-14-10-8-12-18(20)21/h7-14,21-24H,3-6,15-16H2,1-2H3/t21?,22-,23?,24+,27+,28+/m1/s1. The van der Waals surface area contributed by atoms with E-state index in [2.05, 4.69) is 31.2 Å². The van der Waals surface area contributed by atoms with Crippen molar-refractivity contribution in [2.45, 2.75) is 75.1 Å². The molecular weight excluding hydrogens is 416 g/mol. The van der Waals surface area contributed by atoms with E-state index in [-0.39, 0.29) is 36.0 Å². The fourth-order valence-electron chi connectivity index (χ4n) is 7.09. The zero-order valence-corrected chi connectivity index (χ0v) is 19.2. The van der Waals surface area contributed by atoms with Crippen molar-refractivity contribution < 1.29 is 23.8 Å². The number of esters is 2. The largest absolute Gasteiger partial charge is 0.468 e. The van der Waals surface area contributed by atoms with Crippen molar-refractivity contribution in [1.82, 2.24) is 0 Å². The second-order valence-corrected chi connectivity index (χ2v) is 9.98. The summed E-state index contributed by atoms with van der Waals surface area (Å²) in [6.45, 7) is 2.18. The summed E-state index contributed by atoms with van der Waals surface area (Å²) in [6, 6.07) is 16.6. The third-order valence-corrected chi connectivity index (χ3v) is 8.49. The van der Waals surface area contributed by atoms with Gasteiger partial charge in [0.2, 0.25) is 5.60 Å². The monoisotopic (exact) mass is 446 g/mol. The van der Waals surface area contributed by atoms with Gasteiger partial charge < -0.3 is 14.2 Å². The van der Waals surface area contributed by atoms with Gasteiger partial charge in [0.05, 0.1) is 7.11 Å². The Balaban J connectivity index is 1.47. The molecule has 2 fully saturated rings. The zero-order chi connectivity index (χ0) is 22.8. The molecular formula is C28H30O5. The van der Waals surface area contributed by atoms with Gasteiger partial charge in [-0.3, -0.25) is 4.79 Å². The molecule has 33 heavy (non-hydrogen) atoms. The van der Waals surface area contributed by atoms with Gasteiger partial charge >= 0.3 is 11.9 Å². The summed E-state index contributed by atoms with van der Waals surface area (Å²) in [5, 5.41) is 0. The van der Waals surface area contributed by atoms with Crippen LogP contribution in [0.2, 0.25) is 0 Å². The van der Waals surface area contributed by atoms with Gasteiger partial charge in [0.25, 0.3) is 0 Å². The minimum Gasteiger partial charge on any atom is -0.468 e. The van der Waals surface area contributed by atoms with Crippen LogP contribution in [0.5, 0.6) is 0 Å². The third-order valence-electron chi connectivity index (χ3n) is 8.49. The van der Waals surface area contributed by atoms with Crippen molar-refractivity contribution in [3.05, 3.63) is 70.8 Å². The lowest BCUT2D eigenvalue weighted by Gasteiger charge is -2.52. The van der Waals surface area contributed by atoms with E-state index < -0.39 is 11.0 Å². The van der Waals surface area contributed by atoms with Crippen LogP contribution < -0.4 is 0 Å². The van der Waals surface area contributed by atoms with Crippen LogP contribution in [0.15, 0.2) is 48.5 Å². The number of fused-ring (bicyclic) bond motifs is 3. The van der Waals surface area contributed by atoms with Crippen LogP contribution >= 0.6 is 0 Å². The maximum Gasteiger partial charge on any atom is 0.342 e. The Hall–Kier alpha value is -2.66. The fraction of sp³-hybridized carbons (Fsp3) is 0.500. The fourth-order valence-corrected chi connectivity index (χ4v) is 7.09. The molecule has 2 bridgehead atoms. The molecule has 0 N–H and O–H groups in total. The first-order chi connectivity index (χ1) is 16.1. The third kappa shape index (κ3) is 2.57. The molecule has 0 unspecified atom stereocenters. The van der Waals surface area contributed by atoms with Crippen molar-refractivity contribution >= 4 is 11.9 Å². The topological polar surface area (TPSA) is 65.1 Å². The second-order valence-electron chi connectivity index (χ2n) is 9.98. The summed E-state index contributed by atoms with van der Waals surface area (Å²) in [5.74, 6) is -1.05. The van der Waals surface area contributed by atoms with Crippen molar-refractivity contribution in [2.24, 2.45) is 5.41 Å². The summed E-state index contributed by atoms with van der Waals surface area (Å²) in [6.07, 6.45) is 5.01. The predicted molar refractivity (Wildman–Crippen MR) is 122 cm³/mol. The van der Waals surface area contributed by atoms with E-state index in [1.165, 1.54) is 24.7 Å². The number of benzene rings is 2. The molecule has 0 saturated carbocycles. The number of hydrogen-bond donors (Lipinski definition) is 0. The van der Waals surface area contributed by atoms with E-state index in [1.807, 2.05) is 24.3 Å². The lowest BCUT2D eigenvalue weighted by Crippen LogP contribution is -2.58. The molecule has 5 nitrogen and oxygen atoms in total. The summed E-state index contributed by atoms with van der Waals surface area (Å²) >= 11 is 0. The number of hydrogen-bond acceptors (Lipinski definition) is 5. The Labute approximate surface area is 194 Å². The second kappa shape index (κ2) is 7.42. The van der Waals surface area contributed by atoms with Gasteiger partial charge in [-0.25, -0.2) is 4.79 Å². The Morgan fingerprint density at radius 3 is 2.21 bits per heavy atom. The van der Waals surface area contributed by atoms with Crippen LogP contribution in [0.4, 0.5) is 0 Å². The molecule has 0 radical (unpaired) electrons. The number of carbonyl (C=O) groups excluding carboxylic acids is 2. The van der Waals surface area contributed by atoms with Crippen LogP contribution in [0.3, 0.4) is 0 Å². The molecule has 0 spiro atoms. The number of epoxide rings is 1. The van der Waals surface area contributed by atoms with Crippen LogP contribution in [-0.2, 0) is 23.8 Å². The van der Waals surface area contributed by atoms with Gasteiger partial charge in [-0.15, -0.1) is 0 Å². The Kier molecular flexibility index (Phi) is 4.70. The molecule has 2 aromatic carbocycles. The number of rotatable bonds is 7. The molecule has 0 amide bonds. The molecule has 172 valence electrons. The summed E-state index contributed by atoms with van der Waals surface area (Å²) in [7, 11) is 1.42. The lowest BCUT2D eigenvalue weighted by atomic mass is 9.47. The van der Waals surface area contributed by atoms with Gasteiger partial charge in [-0.2, -0.15) is 0 Å². The van der Waals surface area contributed by atoms with E-state index in [4.69, 9.17) is 14.2 Å². The number of ether oxygens (including phenoxy) is 3. The highest BCUT2D eigenvalue weighted by Crippen LogP contribution is 2.72. The SMILES string of the molecule is CCCCCC[C@H]1OC(=O)[C@@]2([C@@]3(C(=O)OC)CC4c5ccccc5C3c3ccccc34)O[C@@H]12. The Bertz CT molecular complexity index is 1080. The normalized spacial score (nSPS) is 34.8. The molecule has 2 saturated heterocycles. The van der Waals surface area contributed by atoms with Crippen LogP contribution in [0.25, 0.3) is 0 Å². The molecule has 5 aliphatic rings. The maximum atomic E-state index is 13.8. The quantitative estimate of drug-likeness (QED) is 0.345. The van der Waals surface area contributed by atoms with E-state index in [0.29, 0.717) is 6.42 Å². The Morgan fingerprint density at radius 2 is 1.64 bits per heavy atom. The molecule has 2 aliphatic heterocycles. The van der Waals surface area contributed by atoms with Gasteiger partial charge in [0.15, 0.2) is 0 Å². The number of unbranched alkanes of at least 4 members (excludes halogenated alkanes) is 3.